The normalized spacial score (nSPS) is 21.6. The molecule has 1 unspecified atom stereocenters. The highest BCUT2D eigenvalue weighted by Gasteiger charge is 2.60. The Morgan fingerprint density at radius 2 is 2.12 bits per heavy atom. The van der Waals surface area contributed by atoms with Crippen molar-refractivity contribution in [3.63, 3.8) is 0 Å². The third-order valence-electron chi connectivity index (χ3n) is 4.21. The zero-order valence-electron chi connectivity index (χ0n) is 13.6. The van der Waals surface area contributed by atoms with Crippen molar-refractivity contribution in [3.8, 4) is 6.07 Å². The van der Waals surface area contributed by atoms with Gasteiger partial charge in [-0.25, -0.2) is 4.79 Å². The highest BCUT2D eigenvalue weighted by Crippen LogP contribution is 2.51. The standard InChI is InChI=1S/C17H15N3O5/c1-23-8-12-13(15(21)24-2)17(10(7-18)14(19)25-12)9-5-3-4-6-11(9)20-16(17)22/h3-6H,8,19H2,1-2H3,(H,20,22). The number of ether oxygens (including phenoxy) is 3. The number of nitriles is 1. The number of benzene rings is 1. The summed E-state index contributed by atoms with van der Waals surface area (Å²) in [6.07, 6.45) is 0. The first-order valence-electron chi connectivity index (χ1n) is 7.32. The second-order valence-corrected chi connectivity index (χ2v) is 5.43. The van der Waals surface area contributed by atoms with Crippen LogP contribution in [0.25, 0.3) is 0 Å². The van der Waals surface area contributed by atoms with Gasteiger partial charge in [0.05, 0.1) is 7.11 Å². The molecule has 3 N–H and O–H groups in total. The lowest BCUT2D eigenvalue weighted by molar-refractivity contribution is -0.138. The first-order valence-corrected chi connectivity index (χ1v) is 7.32. The fourth-order valence-corrected chi connectivity index (χ4v) is 3.25. The van der Waals surface area contributed by atoms with Crippen LogP contribution >= 0.6 is 0 Å². The lowest BCUT2D eigenvalue weighted by atomic mass is 9.68. The molecule has 0 fully saturated rings. The lowest BCUT2D eigenvalue weighted by Crippen LogP contribution is -2.46. The van der Waals surface area contributed by atoms with Crippen molar-refractivity contribution in [1.82, 2.24) is 0 Å². The van der Waals surface area contributed by atoms with E-state index in [4.69, 9.17) is 19.9 Å². The molecule has 3 rings (SSSR count). The van der Waals surface area contributed by atoms with Crippen molar-refractivity contribution in [1.29, 1.82) is 5.26 Å². The molecule has 128 valence electrons. The molecule has 0 saturated heterocycles. The minimum Gasteiger partial charge on any atom is -0.466 e. The average molecular weight is 341 g/mol. The van der Waals surface area contributed by atoms with Gasteiger partial charge in [-0.3, -0.25) is 4.79 Å². The number of carbonyl (C=O) groups is 2. The number of rotatable bonds is 3. The van der Waals surface area contributed by atoms with E-state index in [0.29, 0.717) is 11.3 Å². The molecule has 8 nitrogen and oxygen atoms in total. The number of anilines is 1. The van der Waals surface area contributed by atoms with Gasteiger partial charge in [0.15, 0.2) is 5.41 Å². The van der Waals surface area contributed by atoms with Crippen LogP contribution in [0.1, 0.15) is 5.56 Å². The molecule has 1 spiro atoms. The number of hydrogen-bond acceptors (Lipinski definition) is 7. The van der Waals surface area contributed by atoms with E-state index < -0.39 is 17.3 Å². The van der Waals surface area contributed by atoms with E-state index >= 15 is 0 Å². The molecule has 1 aromatic rings. The minimum absolute atomic E-state index is 0.0257. The summed E-state index contributed by atoms with van der Waals surface area (Å²) in [6, 6.07) is 8.67. The number of fused-ring (bicyclic) bond motifs is 2. The van der Waals surface area contributed by atoms with Crippen LogP contribution in [0.3, 0.4) is 0 Å². The van der Waals surface area contributed by atoms with Gasteiger partial charge < -0.3 is 25.3 Å². The number of nitrogens with two attached hydrogens (primary N) is 1. The van der Waals surface area contributed by atoms with E-state index in [2.05, 4.69) is 5.32 Å². The smallest absolute Gasteiger partial charge is 0.339 e. The van der Waals surface area contributed by atoms with Crippen LogP contribution in [-0.2, 0) is 29.2 Å². The number of methoxy groups -OCH3 is 2. The van der Waals surface area contributed by atoms with Crippen LogP contribution in [0.5, 0.6) is 0 Å². The Labute approximate surface area is 143 Å². The minimum atomic E-state index is -1.74. The van der Waals surface area contributed by atoms with Crippen molar-refractivity contribution in [2.45, 2.75) is 5.41 Å². The third kappa shape index (κ3) is 2.10. The molecule has 0 radical (unpaired) electrons. The maximum absolute atomic E-state index is 13.0. The van der Waals surface area contributed by atoms with E-state index in [9.17, 15) is 14.9 Å². The second kappa shape index (κ2) is 5.96. The molecule has 25 heavy (non-hydrogen) atoms. The predicted octanol–water partition coefficient (Wildman–Crippen LogP) is 0.674. The highest BCUT2D eigenvalue weighted by molar-refractivity contribution is 6.17. The fraction of sp³-hybridized carbons (Fsp3) is 0.235. The van der Waals surface area contributed by atoms with Gasteiger partial charge in [-0.05, 0) is 6.07 Å². The summed E-state index contributed by atoms with van der Waals surface area (Å²) < 4.78 is 15.3. The monoisotopic (exact) mass is 341 g/mol. The van der Waals surface area contributed by atoms with Gasteiger partial charge in [0.1, 0.15) is 29.6 Å². The van der Waals surface area contributed by atoms with Crippen LogP contribution < -0.4 is 11.1 Å². The van der Waals surface area contributed by atoms with E-state index in [1.54, 1.807) is 24.3 Å². The topological polar surface area (TPSA) is 124 Å². The lowest BCUT2D eigenvalue weighted by Gasteiger charge is -2.34. The number of nitrogens with one attached hydrogen (secondary N) is 1. The highest BCUT2D eigenvalue weighted by atomic mass is 16.5. The van der Waals surface area contributed by atoms with Crippen molar-refractivity contribution >= 4 is 17.6 Å². The molecular formula is C17H15N3O5. The largest absolute Gasteiger partial charge is 0.466 e. The molecule has 1 amide bonds. The Hall–Kier alpha value is -3.31. The van der Waals surface area contributed by atoms with Gasteiger partial charge in [0.25, 0.3) is 0 Å². The van der Waals surface area contributed by atoms with Gasteiger partial charge in [-0.15, -0.1) is 0 Å². The Bertz CT molecular complexity index is 881. The first-order chi connectivity index (χ1) is 12.0. The van der Waals surface area contributed by atoms with Crippen molar-refractivity contribution < 1.29 is 23.8 Å². The van der Waals surface area contributed by atoms with Gasteiger partial charge in [0.2, 0.25) is 11.8 Å². The number of nitrogens with zero attached hydrogens (tertiary/aromatic N) is 1. The molecule has 0 bridgehead atoms. The van der Waals surface area contributed by atoms with Crippen molar-refractivity contribution in [2.75, 3.05) is 26.1 Å². The van der Waals surface area contributed by atoms with Crippen molar-refractivity contribution in [2.24, 2.45) is 5.73 Å². The van der Waals surface area contributed by atoms with Crippen molar-refractivity contribution in [3.05, 3.63) is 52.6 Å². The van der Waals surface area contributed by atoms with E-state index in [-0.39, 0.29) is 29.4 Å². The fourth-order valence-electron chi connectivity index (χ4n) is 3.25. The van der Waals surface area contributed by atoms with Gasteiger partial charge in [0, 0.05) is 18.4 Å². The van der Waals surface area contributed by atoms with Gasteiger partial charge in [-0.1, -0.05) is 18.2 Å². The van der Waals surface area contributed by atoms with Crippen LogP contribution in [0.4, 0.5) is 5.69 Å². The van der Waals surface area contributed by atoms with Crippen LogP contribution in [0, 0.1) is 11.3 Å². The van der Waals surface area contributed by atoms with Crippen LogP contribution in [0.15, 0.2) is 47.1 Å². The SMILES string of the molecule is COCC1=C(C(=O)OC)C2(C(=O)Nc3ccccc32)C(C#N)=C(N)O1. The Morgan fingerprint density at radius 1 is 1.40 bits per heavy atom. The summed E-state index contributed by atoms with van der Waals surface area (Å²) in [5.74, 6) is -1.61. The molecule has 2 aliphatic rings. The predicted molar refractivity (Wildman–Crippen MR) is 85.6 cm³/mol. The zero-order chi connectivity index (χ0) is 18.2. The van der Waals surface area contributed by atoms with E-state index in [1.807, 2.05) is 6.07 Å². The number of hydrogen-bond donors (Lipinski definition) is 2. The summed E-state index contributed by atoms with van der Waals surface area (Å²) in [5, 5.41) is 12.4. The summed E-state index contributed by atoms with van der Waals surface area (Å²) in [7, 11) is 2.58. The summed E-state index contributed by atoms with van der Waals surface area (Å²) in [5.41, 5.74) is 4.78. The summed E-state index contributed by atoms with van der Waals surface area (Å²) >= 11 is 0. The molecule has 1 aromatic carbocycles. The second-order valence-electron chi connectivity index (χ2n) is 5.43. The molecule has 2 aliphatic heterocycles. The maximum Gasteiger partial charge on any atom is 0.339 e. The zero-order valence-corrected chi connectivity index (χ0v) is 13.6. The molecule has 8 heteroatoms. The molecule has 2 heterocycles. The number of amides is 1. The molecule has 0 aromatic heterocycles. The average Bonchev–Trinajstić information content (AvgIpc) is 2.88. The third-order valence-corrected chi connectivity index (χ3v) is 4.21. The van der Waals surface area contributed by atoms with Crippen LogP contribution in [-0.4, -0.2) is 32.7 Å². The van der Waals surface area contributed by atoms with Gasteiger partial charge in [-0.2, -0.15) is 5.26 Å². The number of para-hydroxylation sites is 1. The van der Waals surface area contributed by atoms with E-state index in [0.717, 1.165) is 0 Å². The number of carbonyl (C=O) groups excluding carboxylic acids is 2. The van der Waals surface area contributed by atoms with Gasteiger partial charge >= 0.3 is 5.97 Å². The quantitative estimate of drug-likeness (QED) is 0.775. The summed E-state index contributed by atoms with van der Waals surface area (Å²) in [6.45, 7) is -0.124. The molecular weight excluding hydrogens is 326 g/mol. The maximum atomic E-state index is 13.0. The van der Waals surface area contributed by atoms with E-state index in [1.165, 1.54) is 14.2 Å². The molecule has 1 atom stereocenters. The van der Waals surface area contributed by atoms with Crippen LogP contribution in [0.2, 0.25) is 0 Å². The first kappa shape index (κ1) is 16.5. The Balaban J connectivity index is 2.43. The Kier molecular flexibility index (Phi) is 3.94. The number of esters is 1. The summed E-state index contributed by atoms with van der Waals surface area (Å²) in [4.78, 5) is 25.6. The molecule has 0 saturated carbocycles. The Morgan fingerprint density at radius 3 is 2.76 bits per heavy atom. The molecule has 0 aliphatic carbocycles.